The second-order valence-corrected chi connectivity index (χ2v) is 5.90. The van der Waals surface area contributed by atoms with Crippen LogP contribution >= 0.6 is 15.9 Å². The molecule has 124 valence electrons. The van der Waals surface area contributed by atoms with Crippen molar-refractivity contribution in [3.63, 3.8) is 0 Å². The van der Waals surface area contributed by atoms with Crippen LogP contribution < -0.4 is 0 Å². The molecular formula is C16H35BrO3. The minimum Gasteiger partial charge on any atom is -0.396 e. The molecule has 0 aliphatic heterocycles. The van der Waals surface area contributed by atoms with Crippen molar-refractivity contribution in [2.24, 2.45) is 0 Å². The number of aliphatic hydroxyl groups is 3. The molecule has 20 heavy (non-hydrogen) atoms. The van der Waals surface area contributed by atoms with E-state index in [-0.39, 0.29) is 0 Å². The van der Waals surface area contributed by atoms with E-state index in [1.807, 2.05) is 0 Å². The topological polar surface area (TPSA) is 60.7 Å². The maximum atomic E-state index is 8.46. The van der Waals surface area contributed by atoms with Crippen LogP contribution in [0.25, 0.3) is 0 Å². The van der Waals surface area contributed by atoms with Gasteiger partial charge in [-0.05, 0) is 25.7 Å². The van der Waals surface area contributed by atoms with Crippen LogP contribution in [0, 0.1) is 0 Å². The average molecular weight is 355 g/mol. The first kappa shape index (κ1) is 22.6. The zero-order chi connectivity index (χ0) is 15.3. The SMILES string of the molecule is OCCCCCCCCBr.OCCCCCCCCO. The third kappa shape index (κ3) is 26.8. The van der Waals surface area contributed by atoms with Gasteiger partial charge in [0, 0.05) is 25.2 Å². The molecule has 0 amide bonds. The fraction of sp³-hybridized carbons (Fsp3) is 1.00. The standard InChI is InChI=1S/C8H17BrO.C8H18O2/c2*9-7-5-3-1-2-4-6-8-10/h10H,1-8H2;9-10H,1-8H2. The van der Waals surface area contributed by atoms with E-state index >= 15 is 0 Å². The van der Waals surface area contributed by atoms with Crippen molar-refractivity contribution in [1.82, 2.24) is 0 Å². The first-order valence-corrected chi connectivity index (χ1v) is 9.34. The van der Waals surface area contributed by atoms with Gasteiger partial charge < -0.3 is 15.3 Å². The van der Waals surface area contributed by atoms with Crippen molar-refractivity contribution in [2.45, 2.75) is 77.0 Å². The van der Waals surface area contributed by atoms with E-state index in [0.29, 0.717) is 19.8 Å². The van der Waals surface area contributed by atoms with Crippen LogP contribution in [0.4, 0.5) is 0 Å². The summed E-state index contributed by atoms with van der Waals surface area (Å²) >= 11 is 3.39. The van der Waals surface area contributed by atoms with Gasteiger partial charge in [0.25, 0.3) is 0 Å². The fourth-order valence-electron chi connectivity index (χ4n) is 1.84. The summed E-state index contributed by atoms with van der Waals surface area (Å²) in [5.41, 5.74) is 0. The summed E-state index contributed by atoms with van der Waals surface area (Å²) < 4.78 is 0. The number of unbranched alkanes of at least 4 members (excludes halogenated alkanes) is 10. The van der Waals surface area contributed by atoms with E-state index in [1.165, 1.54) is 44.9 Å². The van der Waals surface area contributed by atoms with Gasteiger partial charge in [-0.15, -0.1) is 0 Å². The van der Waals surface area contributed by atoms with Gasteiger partial charge >= 0.3 is 0 Å². The molecule has 0 radical (unpaired) electrons. The summed E-state index contributed by atoms with van der Waals surface area (Å²) in [5.74, 6) is 0. The highest BCUT2D eigenvalue weighted by molar-refractivity contribution is 9.09. The molecule has 0 fully saturated rings. The lowest BCUT2D eigenvalue weighted by Crippen LogP contribution is -1.85. The molecule has 4 heteroatoms. The Kier molecular flexibility index (Phi) is 27.6. The quantitative estimate of drug-likeness (QED) is 0.326. The predicted molar refractivity (Wildman–Crippen MR) is 90.5 cm³/mol. The van der Waals surface area contributed by atoms with Crippen LogP contribution in [0.5, 0.6) is 0 Å². The van der Waals surface area contributed by atoms with Crippen molar-refractivity contribution in [1.29, 1.82) is 0 Å². The fourth-order valence-corrected chi connectivity index (χ4v) is 2.24. The monoisotopic (exact) mass is 354 g/mol. The Balaban J connectivity index is 0. The molecule has 0 atom stereocenters. The minimum atomic E-state index is 0.319. The summed E-state index contributed by atoms with van der Waals surface area (Å²) in [6, 6.07) is 0. The van der Waals surface area contributed by atoms with Crippen LogP contribution in [-0.4, -0.2) is 40.5 Å². The molecule has 0 saturated carbocycles. The highest BCUT2D eigenvalue weighted by atomic mass is 79.9. The molecule has 0 aromatic carbocycles. The van der Waals surface area contributed by atoms with Gasteiger partial charge in [0.1, 0.15) is 0 Å². The molecule has 0 aromatic heterocycles. The largest absolute Gasteiger partial charge is 0.396 e. The molecule has 3 N–H and O–H groups in total. The molecular weight excluding hydrogens is 320 g/mol. The Morgan fingerprint density at radius 1 is 0.400 bits per heavy atom. The molecule has 0 aliphatic rings. The molecule has 0 rings (SSSR count). The number of hydrogen-bond donors (Lipinski definition) is 3. The van der Waals surface area contributed by atoms with Gasteiger partial charge in [0.15, 0.2) is 0 Å². The van der Waals surface area contributed by atoms with E-state index in [2.05, 4.69) is 15.9 Å². The summed E-state index contributed by atoms with van der Waals surface area (Å²) in [5, 5.41) is 26.5. The first-order valence-electron chi connectivity index (χ1n) is 8.22. The predicted octanol–water partition coefficient (Wildman–Crippen LogP) is 4.03. The number of hydrogen-bond acceptors (Lipinski definition) is 3. The molecule has 0 aromatic rings. The Morgan fingerprint density at radius 3 is 0.900 bits per heavy atom. The summed E-state index contributed by atoms with van der Waals surface area (Å²) in [4.78, 5) is 0. The third-order valence-electron chi connectivity index (χ3n) is 3.11. The van der Waals surface area contributed by atoms with Crippen LogP contribution in [0.2, 0.25) is 0 Å². The molecule has 0 heterocycles. The highest BCUT2D eigenvalue weighted by Crippen LogP contribution is 2.05. The van der Waals surface area contributed by atoms with Gasteiger partial charge in [0.2, 0.25) is 0 Å². The van der Waals surface area contributed by atoms with Crippen molar-refractivity contribution < 1.29 is 15.3 Å². The first-order chi connectivity index (χ1) is 9.83. The highest BCUT2D eigenvalue weighted by Gasteiger charge is 1.89. The second-order valence-electron chi connectivity index (χ2n) is 5.10. The molecule has 0 unspecified atom stereocenters. The third-order valence-corrected chi connectivity index (χ3v) is 3.67. The normalized spacial score (nSPS) is 10.2. The van der Waals surface area contributed by atoms with Gasteiger partial charge in [-0.2, -0.15) is 0 Å². The van der Waals surface area contributed by atoms with E-state index in [0.717, 1.165) is 37.4 Å². The van der Waals surface area contributed by atoms with Crippen molar-refractivity contribution in [2.75, 3.05) is 25.2 Å². The number of rotatable bonds is 14. The van der Waals surface area contributed by atoms with Crippen molar-refractivity contribution in [3.05, 3.63) is 0 Å². The minimum absolute atomic E-state index is 0.319. The second kappa shape index (κ2) is 24.4. The smallest absolute Gasteiger partial charge is 0.0431 e. The van der Waals surface area contributed by atoms with Gasteiger partial charge in [-0.1, -0.05) is 67.3 Å². The Labute approximate surface area is 133 Å². The van der Waals surface area contributed by atoms with Crippen LogP contribution in [0.15, 0.2) is 0 Å². The lowest BCUT2D eigenvalue weighted by molar-refractivity contribution is 0.275. The maximum absolute atomic E-state index is 8.46. The summed E-state index contributed by atoms with van der Waals surface area (Å²) in [7, 11) is 0. The molecule has 0 spiro atoms. The zero-order valence-electron chi connectivity index (χ0n) is 13.0. The summed E-state index contributed by atoms with van der Waals surface area (Å²) in [6.07, 6.45) is 13.9. The number of alkyl halides is 1. The number of aliphatic hydroxyl groups excluding tert-OH is 3. The van der Waals surface area contributed by atoms with E-state index < -0.39 is 0 Å². The Morgan fingerprint density at radius 2 is 0.650 bits per heavy atom. The lowest BCUT2D eigenvalue weighted by atomic mass is 10.1. The van der Waals surface area contributed by atoms with Crippen LogP contribution in [-0.2, 0) is 0 Å². The van der Waals surface area contributed by atoms with Crippen LogP contribution in [0.1, 0.15) is 77.0 Å². The van der Waals surface area contributed by atoms with E-state index in [1.54, 1.807) is 0 Å². The maximum Gasteiger partial charge on any atom is 0.0431 e. The molecule has 0 bridgehead atoms. The average Bonchev–Trinajstić information content (AvgIpc) is 2.47. The van der Waals surface area contributed by atoms with E-state index in [4.69, 9.17) is 15.3 Å². The van der Waals surface area contributed by atoms with Crippen molar-refractivity contribution in [3.8, 4) is 0 Å². The number of halogens is 1. The molecule has 0 saturated heterocycles. The Hall–Kier alpha value is 0.360. The zero-order valence-corrected chi connectivity index (χ0v) is 14.6. The van der Waals surface area contributed by atoms with E-state index in [9.17, 15) is 0 Å². The van der Waals surface area contributed by atoms with Gasteiger partial charge in [0.05, 0.1) is 0 Å². The Bertz CT molecular complexity index is 114. The molecule has 3 nitrogen and oxygen atoms in total. The van der Waals surface area contributed by atoms with Crippen molar-refractivity contribution >= 4 is 15.9 Å². The van der Waals surface area contributed by atoms with Gasteiger partial charge in [-0.3, -0.25) is 0 Å². The lowest BCUT2D eigenvalue weighted by Gasteiger charge is -1.97. The summed E-state index contributed by atoms with van der Waals surface area (Å²) in [6.45, 7) is 0.998. The molecule has 0 aliphatic carbocycles. The van der Waals surface area contributed by atoms with Gasteiger partial charge in [-0.25, -0.2) is 0 Å². The van der Waals surface area contributed by atoms with Crippen LogP contribution in [0.3, 0.4) is 0 Å².